The number of rotatable bonds is 2. The normalized spacial score (nSPS) is 10.1. The third-order valence-corrected chi connectivity index (χ3v) is 2.75. The first-order valence-corrected chi connectivity index (χ1v) is 5.46. The highest BCUT2D eigenvalue weighted by Crippen LogP contribution is 2.17. The Labute approximate surface area is 101 Å². The van der Waals surface area contributed by atoms with Gasteiger partial charge in [0.25, 0.3) is 5.91 Å². The summed E-state index contributed by atoms with van der Waals surface area (Å²) in [7, 11) is 0. The van der Waals surface area contributed by atoms with Crippen molar-refractivity contribution in [2.75, 3.05) is 11.2 Å². The highest BCUT2D eigenvalue weighted by atomic mass is 79.9. The zero-order valence-corrected chi connectivity index (χ0v) is 9.94. The molecule has 5 heteroatoms. The van der Waals surface area contributed by atoms with Gasteiger partial charge in [-0.3, -0.25) is 9.47 Å². The largest absolute Gasteiger partial charge is 0.339 e. The monoisotopic (exact) mass is 279 g/mol. The van der Waals surface area contributed by atoms with Gasteiger partial charge in [-0.1, -0.05) is 18.2 Å². The van der Waals surface area contributed by atoms with Crippen molar-refractivity contribution in [2.24, 2.45) is 0 Å². The molecule has 1 aromatic heterocycles. The minimum absolute atomic E-state index is 0.245. The number of carbonyl (C=O) groups is 1. The average Bonchev–Trinajstić information content (AvgIpc) is 2.60. The highest BCUT2D eigenvalue weighted by Gasteiger charge is 2.14. The number of aromatic nitrogens is 1. The molecule has 0 spiro atoms. The van der Waals surface area contributed by atoms with Gasteiger partial charge in [0, 0.05) is 11.9 Å². The number of carbonyl (C=O) groups excluding carboxylic acids is 1. The number of anilines is 1. The van der Waals surface area contributed by atoms with Gasteiger partial charge in [0.05, 0.1) is 4.47 Å². The van der Waals surface area contributed by atoms with Gasteiger partial charge in [-0.25, -0.2) is 0 Å². The molecular weight excluding hydrogens is 270 g/mol. The van der Waals surface area contributed by atoms with E-state index in [1.165, 1.54) is 4.68 Å². The zero-order valence-electron chi connectivity index (χ0n) is 8.35. The average molecular weight is 280 g/mol. The third kappa shape index (κ3) is 2.09. The first kappa shape index (κ1) is 10.8. The maximum Gasteiger partial charge on any atom is 0.275 e. The lowest BCUT2D eigenvalue weighted by Gasteiger charge is -2.06. The molecule has 4 nitrogen and oxygen atoms in total. The molecule has 3 N–H and O–H groups in total. The van der Waals surface area contributed by atoms with E-state index in [4.69, 9.17) is 5.84 Å². The summed E-state index contributed by atoms with van der Waals surface area (Å²) in [6, 6.07) is 10.9. The van der Waals surface area contributed by atoms with E-state index in [0.717, 1.165) is 5.69 Å². The lowest BCUT2D eigenvalue weighted by atomic mass is 10.3. The second-order valence-electron chi connectivity index (χ2n) is 3.24. The lowest BCUT2D eigenvalue weighted by molar-refractivity contribution is 0.101. The maximum absolute atomic E-state index is 11.9. The number of hydrogen-bond donors (Lipinski definition) is 2. The number of nitrogens with one attached hydrogen (secondary N) is 1. The first-order chi connectivity index (χ1) is 7.68. The van der Waals surface area contributed by atoms with Crippen molar-refractivity contribution in [3.05, 3.63) is 52.8 Å². The summed E-state index contributed by atoms with van der Waals surface area (Å²) in [6.07, 6.45) is 1.62. The quantitative estimate of drug-likeness (QED) is 0.829. The van der Waals surface area contributed by atoms with E-state index < -0.39 is 0 Å². The number of nitrogens with two attached hydrogens (primary N) is 1. The second-order valence-corrected chi connectivity index (χ2v) is 4.09. The second kappa shape index (κ2) is 4.40. The van der Waals surface area contributed by atoms with Gasteiger partial charge >= 0.3 is 0 Å². The van der Waals surface area contributed by atoms with Crippen molar-refractivity contribution in [3.8, 4) is 0 Å². The fourth-order valence-electron chi connectivity index (χ4n) is 1.36. The zero-order chi connectivity index (χ0) is 11.5. The van der Waals surface area contributed by atoms with Crippen LogP contribution >= 0.6 is 15.9 Å². The van der Waals surface area contributed by atoms with E-state index in [0.29, 0.717) is 10.2 Å². The van der Waals surface area contributed by atoms with Crippen LogP contribution in [0.4, 0.5) is 5.69 Å². The summed E-state index contributed by atoms with van der Waals surface area (Å²) in [5.74, 6) is 5.38. The van der Waals surface area contributed by atoms with Crippen molar-refractivity contribution in [2.45, 2.75) is 0 Å². The first-order valence-electron chi connectivity index (χ1n) is 4.67. The topological polar surface area (TPSA) is 60.0 Å². The van der Waals surface area contributed by atoms with Crippen LogP contribution in [0.3, 0.4) is 0 Å². The number of benzene rings is 1. The molecule has 16 heavy (non-hydrogen) atoms. The Kier molecular flexibility index (Phi) is 2.96. The molecule has 0 unspecified atom stereocenters. The van der Waals surface area contributed by atoms with Crippen LogP contribution in [0.15, 0.2) is 47.1 Å². The van der Waals surface area contributed by atoms with Crippen LogP contribution in [0.5, 0.6) is 0 Å². The summed E-state index contributed by atoms with van der Waals surface area (Å²) < 4.78 is 1.95. The fourth-order valence-corrected chi connectivity index (χ4v) is 1.86. The van der Waals surface area contributed by atoms with Gasteiger partial charge < -0.3 is 11.2 Å². The molecular formula is C11H10BrN3O. The van der Waals surface area contributed by atoms with E-state index in [-0.39, 0.29) is 5.91 Å². The molecule has 0 bridgehead atoms. The molecule has 1 heterocycles. The number of nitrogens with zero attached hydrogens (tertiary/aromatic N) is 1. The number of hydrogen-bond acceptors (Lipinski definition) is 2. The highest BCUT2D eigenvalue weighted by molar-refractivity contribution is 9.10. The molecule has 2 aromatic rings. The van der Waals surface area contributed by atoms with Crippen molar-refractivity contribution in [1.29, 1.82) is 0 Å². The van der Waals surface area contributed by atoms with E-state index in [1.54, 1.807) is 12.3 Å². The smallest absolute Gasteiger partial charge is 0.275 e. The van der Waals surface area contributed by atoms with Gasteiger partial charge in [0.15, 0.2) is 0 Å². The summed E-state index contributed by atoms with van der Waals surface area (Å²) in [5, 5.41) is 2.76. The van der Waals surface area contributed by atoms with E-state index in [9.17, 15) is 4.79 Å². The fraction of sp³-hybridized carbons (Fsp3) is 0. The Morgan fingerprint density at radius 2 is 1.94 bits per heavy atom. The number of halogens is 1. The van der Waals surface area contributed by atoms with Crippen molar-refractivity contribution in [3.63, 3.8) is 0 Å². The van der Waals surface area contributed by atoms with Crippen LogP contribution in [0, 0.1) is 0 Å². The summed E-state index contributed by atoms with van der Waals surface area (Å²) in [5.41, 5.74) is 1.13. The summed E-state index contributed by atoms with van der Waals surface area (Å²) in [6.45, 7) is 0. The van der Waals surface area contributed by atoms with Crippen molar-refractivity contribution < 1.29 is 4.79 Å². The van der Waals surface area contributed by atoms with Crippen molar-refractivity contribution in [1.82, 2.24) is 4.68 Å². The van der Waals surface area contributed by atoms with Gasteiger partial charge in [0.1, 0.15) is 5.69 Å². The minimum Gasteiger partial charge on any atom is -0.339 e. The molecule has 2 rings (SSSR count). The Balaban J connectivity index is 2.22. The molecule has 82 valence electrons. The molecule has 0 aliphatic carbocycles. The Morgan fingerprint density at radius 1 is 1.25 bits per heavy atom. The molecule has 0 saturated carbocycles. The predicted octanol–water partition coefficient (Wildman–Crippen LogP) is 2.22. The molecule has 0 radical (unpaired) electrons. The van der Waals surface area contributed by atoms with E-state index in [2.05, 4.69) is 21.2 Å². The molecule has 0 saturated heterocycles. The third-order valence-electron chi connectivity index (χ3n) is 2.11. The molecule has 0 atom stereocenters. The Morgan fingerprint density at radius 3 is 2.50 bits per heavy atom. The van der Waals surface area contributed by atoms with Crippen LogP contribution in [-0.2, 0) is 0 Å². The number of nitrogen functional groups attached to an aromatic ring is 1. The van der Waals surface area contributed by atoms with Crippen molar-refractivity contribution >= 4 is 27.5 Å². The van der Waals surface area contributed by atoms with Crippen LogP contribution < -0.4 is 11.2 Å². The summed E-state index contributed by atoms with van der Waals surface area (Å²) >= 11 is 3.27. The molecule has 0 fully saturated rings. The Hall–Kier alpha value is -1.75. The minimum atomic E-state index is -0.245. The van der Waals surface area contributed by atoms with Crippen LogP contribution in [0.2, 0.25) is 0 Å². The van der Waals surface area contributed by atoms with E-state index in [1.807, 2.05) is 30.3 Å². The molecule has 1 amide bonds. The van der Waals surface area contributed by atoms with E-state index >= 15 is 0 Å². The van der Waals surface area contributed by atoms with Crippen LogP contribution in [0.25, 0.3) is 0 Å². The van der Waals surface area contributed by atoms with Crippen LogP contribution in [-0.4, -0.2) is 10.6 Å². The predicted molar refractivity (Wildman–Crippen MR) is 66.7 cm³/mol. The molecule has 0 aliphatic heterocycles. The molecule has 0 aliphatic rings. The maximum atomic E-state index is 11.9. The Bertz CT molecular complexity index is 488. The van der Waals surface area contributed by atoms with Gasteiger partial charge in [0.2, 0.25) is 0 Å². The number of para-hydroxylation sites is 1. The van der Waals surface area contributed by atoms with Gasteiger partial charge in [-0.15, -0.1) is 0 Å². The SMILES string of the molecule is Nn1ccc(Br)c1C(=O)Nc1ccccc1. The number of amides is 1. The standard InChI is InChI=1S/C11H10BrN3O/c12-9-6-7-15(13)10(9)11(16)14-8-4-2-1-3-5-8/h1-7H,13H2,(H,14,16). The van der Waals surface area contributed by atoms with Gasteiger partial charge in [-0.2, -0.15) is 0 Å². The lowest BCUT2D eigenvalue weighted by Crippen LogP contribution is -2.21. The van der Waals surface area contributed by atoms with Gasteiger partial charge in [-0.05, 0) is 34.1 Å². The molecule has 1 aromatic carbocycles. The van der Waals surface area contributed by atoms with Crippen LogP contribution in [0.1, 0.15) is 10.5 Å². The summed E-state index contributed by atoms with van der Waals surface area (Å²) in [4.78, 5) is 11.9.